The van der Waals surface area contributed by atoms with Crippen molar-refractivity contribution >= 4 is 27.5 Å². The average Bonchev–Trinajstić information content (AvgIpc) is 2.38. The summed E-state index contributed by atoms with van der Waals surface area (Å²) in [5.74, 6) is -0.395. The van der Waals surface area contributed by atoms with E-state index in [-0.39, 0.29) is 22.0 Å². The molecular formula is C13H11BrClFN2O. The van der Waals surface area contributed by atoms with Crippen molar-refractivity contribution in [3.63, 3.8) is 0 Å². The molecule has 3 nitrogen and oxygen atoms in total. The fraction of sp³-hybridized carbons (Fsp3) is 0.231. The molecule has 0 unspecified atom stereocenters. The molecule has 0 bridgehead atoms. The number of halogens is 3. The summed E-state index contributed by atoms with van der Waals surface area (Å²) in [6, 6.07) is 4.59. The number of H-pyrrole nitrogens is 1. The molecule has 6 heteroatoms. The normalized spacial score (nSPS) is 10.7. The first-order chi connectivity index (χ1) is 9.04. The highest BCUT2D eigenvalue weighted by atomic mass is 79.9. The quantitative estimate of drug-likeness (QED) is 0.915. The number of aromatic nitrogens is 2. The summed E-state index contributed by atoms with van der Waals surface area (Å²) in [6.45, 7) is 1.98. The van der Waals surface area contributed by atoms with Crippen molar-refractivity contribution in [1.29, 1.82) is 0 Å². The second-order valence-corrected chi connectivity index (χ2v) is 5.23. The summed E-state index contributed by atoms with van der Waals surface area (Å²) in [7, 11) is 0. The van der Waals surface area contributed by atoms with Gasteiger partial charge in [0.05, 0.1) is 16.3 Å². The Bertz CT molecular complexity index is 672. The minimum absolute atomic E-state index is 0.000101. The minimum atomic E-state index is -0.586. The molecule has 0 aliphatic rings. The second-order valence-electron chi connectivity index (χ2n) is 4.03. The van der Waals surface area contributed by atoms with Crippen molar-refractivity contribution in [2.45, 2.75) is 19.8 Å². The predicted molar refractivity (Wildman–Crippen MR) is 77.0 cm³/mol. The van der Waals surface area contributed by atoms with Crippen LogP contribution >= 0.6 is 27.5 Å². The molecule has 19 heavy (non-hydrogen) atoms. The zero-order chi connectivity index (χ0) is 14.0. The summed E-state index contributed by atoms with van der Waals surface area (Å²) in [4.78, 5) is 18.6. The van der Waals surface area contributed by atoms with Crippen LogP contribution in [0.25, 0.3) is 11.4 Å². The van der Waals surface area contributed by atoms with E-state index in [1.165, 1.54) is 12.1 Å². The van der Waals surface area contributed by atoms with Gasteiger partial charge in [0, 0.05) is 0 Å². The Kier molecular flexibility index (Phi) is 4.37. The van der Waals surface area contributed by atoms with E-state index in [0.717, 1.165) is 6.42 Å². The van der Waals surface area contributed by atoms with E-state index in [0.29, 0.717) is 16.6 Å². The van der Waals surface area contributed by atoms with Crippen LogP contribution in [-0.4, -0.2) is 9.97 Å². The number of aromatic amines is 1. The Labute approximate surface area is 123 Å². The van der Waals surface area contributed by atoms with E-state index in [2.05, 4.69) is 25.9 Å². The number of nitrogens with zero attached hydrogens (tertiary/aromatic N) is 1. The smallest absolute Gasteiger partial charge is 0.265 e. The van der Waals surface area contributed by atoms with Crippen molar-refractivity contribution in [2.75, 3.05) is 0 Å². The third-order valence-electron chi connectivity index (χ3n) is 2.62. The largest absolute Gasteiger partial charge is 0.305 e. The van der Waals surface area contributed by atoms with Crippen molar-refractivity contribution in [3.05, 3.63) is 49.6 Å². The van der Waals surface area contributed by atoms with Gasteiger partial charge in [-0.3, -0.25) is 4.79 Å². The van der Waals surface area contributed by atoms with Crippen LogP contribution in [0.4, 0.5) is 4.39 Å². The molecular weight excluding hydrogens is 335 g/mol. The summed E-state index contributed by atoms with van der Waals surface area (Å²) >= 11 is 8.93. The lowest BCUT2D eigenvalue weighted by Gasteiger charge is -2.07. The molecule has 1 N–H and O–H groups in total. The van der Waals surface area contributed by atoms with Gasteiger partial charge in [0.15, 0.2) is 5.82 Å². The van der Waals surface area contributed by atoms with Crippen LogP contribution in [0.3, 0.4) is 0 Å². The predicted octanol–water partition coefficient (Wildman–Crippen LogP) is 3.94. The van der Waals surface area contributed by atoms with Crippen molar-refractivity contribution < 1.29 is 4.39 Å². The fourth-order valence-electron chi connectivity index (χ4n) is 1.72. The van der Waals surface area contributed by atoms with Crippen LogP contribution in [0.5, 0.6) is 0 Å². The van der Waals surface area contributed by atoms with Crippen LogP contribution in [0.2, 0.25) is 5.02 Å². The van der Waals surface area contributed by atoms with Crippen LogP contribution in [0.1, 0.15) is 19.0 Å². The number of aryl methyl sites for hydroxylation is 1. The first-order valence-electron chi connectivity index (χ1n) is 5.77. The average molecular weight is 346 g/mol. The highest BCUT2D eigenvalue weighted by Gasteiger charge is 2.14. The van der Waals surface area contributed by atoms with Crippen LogP contribution in [0.15, 0.2) is 27.5 Å². The van der Waals surface area contributed by atoms with Crippen molar-refractivity contribution in [3.8, 4) is 11.4 Å². The summed E-state index contributed by atoms with van der Waals surface area (Å²) < 4.78 is 14.3. The zero-order valence-corrected chi connectivity index (χ0v) is 12.5. The fourth-order valence-corrected chi connectivity index (χ4v) is 2.28. The highest BCUT2D eigenvalue weighted by molar-refractivity contribution is 9.10. The van der Waals surface area contributed by atoms with Gasteiger partial charge in [0.1, 0.15) is 10.3 Å². The van der Waals surface area contributed by atoms with Gasteiger partial charge in [-0.1, -0.05) is 31.0 Å². The molecule has 2 aromatic rings. The summed E-state index contributed by atoms with van der Waals surface area (Å²) in [5.41, 5.74) is 0.475. The lowest BCUT2D eigenvalue weighted by Crippen LogP contribution is -2.14. The molecule has 0 aliphatic heterocycles. The highest BCUT2D eigenvalue weighted by Crippen LogP contribution is 2.25. The molecule has 1 heterocycles. The van der Waals surface area contributed by atoms with Gasteiger partial charge in [-0.05, 0) is 34.5 Å². The van der Waals surface area contributed by atoms with E-state index in [1.54, 1.807) is 6.07 Å². The maximum Gasteiger partial charge on any atom is 0.265 e. The Hall–Kier alpha value is -1.20. The van der Waals surface area contributed by atoms with Gasteiger partial charge in [-0.25, -0.2) is 9.37 Å². The third kappa shape index (κ3) is 2.87. The molecule has 0 fully saturated rings. The van der Waals surface area contributed by atoms with Crippen molar-refractivity contribution in [1.82, 2.24) is 9.97 Å². The zero-order valence-electron chi connectivity index (χ0n) is 10.1. The lowest BCUT2D eigenvalue weighted by atomic mass is 10.2. The standard InChI is InChI=1S/C13H11BrClFN2O/c1-2-4-9-10(14)13(19)18-12(17-9)7-5-3-6-8(15)11(7)16/h3,5-6H,2,4H2,1H3,(H,17,18,19). The number of hydrogen-bond donors (Lipinski definition) is 1. The molecule has 0 atom stereocenters. The molecule has 0 radical (unpaired) electrons. The molecule has 0 amide bonds. The molecule has 2 rings (SSSR count). The minimum Gasteiger partial charge on any atom is -0.305 e. The van der Waals surface area contributed by atoms with Crippen LogP contribution in [0, 0.1) is 5.82 Å². The Balaban J connectivity index is 2.63. The number of rotatable bonds is 3. The Morgan fingerprint density at radius 3 is 2.89 bits per heavy atom. The summed E-state index contributed by atoms with van der Waals surface area (Å²) in [6.07, 6.45) is 1.48. The molecule has 0 spiro atoms. The first-order valence-corrected chi connectivity index (χ1v) is 6.94. The Morgan fingerprint density at radius 1 is 1.47 bits per heavy atom. The SMILES string of the molecule is CCCc1nc(-c2cccc(Cl)c2F)[nH]c(=O)c1Br. The Morgan fingerprint density at radius 2 is 2.21 bits per heavy atom. The molecule has 0 saturated carbocycles. The van der Waals surface area contributed by atoms with Crippen molar-refractivity contribution in [2.24, 2.45) is 0 Å². The van der Waals surface area contributed by atoms with E-state index < -0.39 is 5.82 Å². The van der Waals surface area contributed by atoms with Crippen LogP contribution in [-0.2, 0) is 6.42 Å². The number of nitrogens with one attached hydrogen (secondary N) is 1. The number of hydrogen-bond acceptors (Lipinski definition) is 2. The van der Waals surface area contributed by atoms with Gasteiger partial charge in [0.25, 0.3) is 5.56 Å². The van der Waals surface area contributed by atoms with E-state index in [4.69, 9.17) is 11.6 Å². The molecule has 0 aliphatic carbocycles. The molecule has 0 saturated heterocycles. The third-order valence-corrected chi connectivity index (χ3v) is 3.73. The van der Waals surface area contributed by atoms with Gasteiger partial charge in [-0.15, -0.1) is 0 Å². The molecule has 100 valence electrons. The second kappa shape index (κ2) is 5.84. The van der Waals surface area contributed by atoms with Gasteiger partial charge >= 0.3 is 0 Å². The van der Waals surface area contributed by atoms with E-state index in [1.807, 2.05) is 6.92 Å². The van der Waals surface area contributed by atoms with E-state index >= 15 is 0 Å². The number of benzene rings is 1. The maximum atomic E-state index is 13.9. The maximum absolute atomic E-state index is 13.9. The van der Waals surface area contributed by atoms with Gasteiger partial charge in [0.2, 0.25) is 0 Å². The molecule has 1 aromatic heterocycles. The molecule has 1 aromatic carbocycles. The topological polar surface area (TPSA) is 45.8 Å². The van der Waals surface area contributed by atoms with Gasteiger partial charge < -0.3 is 4.98 Å². The lowest BCUT2D eigenvalue weighted by molar-refractivity contribution is 0.630. The van der Waals surface area contributed by atoms with Gasteiger partial charge in [-0.2, -0.15) is 0 Å². The first kappa shape index (κ1) is 14.2. The summed E-state index contributed by atoms with van der Waals surface area (Å²) in [5, 5.41) is 0.000101. The van der Waals surface area contributed by atoms with E-state index in [9.17, 15) is 9.18 Å². The van der Waals surface area contributed by atoms with Crippen LogP contribution < -0.4 is 5.56 Å². The monoisotopic (exact) mass is 344 g/mol.